The number of hydrogen-bond donors (Lipinski definition) is 1. The predicted molar refractivity (Wildman–Crippen MR) is 159 cm³/mol. The Labute approximate surface area is 239 Å². The summed E-state index contributed by atoms with van der Waals surface area (Å²) in [4.78, 5) is 26.1. The second-order valence-corrected chi connectivity index (χ2v) is 24.5. The van der Waals surface area contributed by atoms with E-state index >= 15 is 0 Å². The third-order valence-electron chi connectivity index (χ3n) is 8.75. The van der Waals surface area contributed by atoms with Gasteiger partial charge in [0.25, 0.3) is 15.7 Å². The SMILES string of the molecule is C=CCn1c(=O)ccn([C@@H]2O[C@H](CO[Si](C)(C)C(C)(C)C)[C@@]3(OS(=O)(=O)C=C3N)[C@H]2O[Si](C)(C)C(C)(C)C)c1=O. The summed E-state index contributed by atoms with van der Waals surface area (Å²) in [6, 6.07) is 1.25. The van der Waals surface area contributed by atoms with E-state index in [0.717, 1.165) is 9.98 Å². The summed E-state index contributed by atoms with van der Waals surface area (Å²) < 4.78 is 53.6. The van der Waals surface area contributed by atoms with Gasteiger partial charge in [-0.25, -0.2) is 8.98 Å². The standard InChI is InChI=1S/C26H45N3O8SSi2/c1-12-14-28-20(30)13-15-29(23(28)31)22-21(36-40(10,11)25(5,6)7)26(18(27)17-38(32,33)37-26)19(35-22)16-34-39(8,9)24(2,3)4/h12-13,15,17,19,21-22H,1,14,16,27H2,2-11H3/t19-,21+,22-,26-/m1/s1. The Kier molecular flexibility index (Phi) is 8.56. The molecule has 11 nitrogen and oxygen atoms in total. The van der Waals surface area contributed by atoms with Crippen LogP contribution in [-0.4, -0.2) is 58.6 Å². The van der Waals surface area contributed by atoms with Crippen LogP contribution in [0.2, 0.25) is 36.3 Å². The molecule has 2 N–H and O–H groups in total. The lowest BCUT2D eigenvalue weighted by Crippen LogP contribution is -2.59. The molecule has 2 aliphatic rings. The summed E-state index contributed by atoms with van der Waals surface area (Å²) in [6.07, 6.45) is -0.599. The number of nitrogens with zero attached hydrogens (tertiary/aromatic N) is 2. The Bertz CT molecular complexity index is 1400. The number of ether oxygens (including phenoxy) is 1. The van der Waals surface area contributed by atoms with Gasteiger partial charge in [-0.05, 0) is 36.3 Å². The van der Waals surface area contributed by atoms with Crippen molar-refractivity contribution in [2.45, 2.75) is 108 Å². The van der Waals surface area contributed by atoms with E-state index in [1.165, 1.54) is 22.9 Å². The summed E-state index contributed by atoms with van der Waals surface area (Å²) in [7, 11) is -9.20. The van der Waals surface area contributed by atoms with Gasteiger partial charge in [-0.2, -0.15) is 8.42 Å². The van der Waals surface area contributed by atoms with Crippen LogP contribution in [-0.2, 0) is 34.4 Å². The molecular formula is C26H45N3O8SSi2. The van der Waals surface area contributed by atoms with Crippen LogP contribution in [0, 0.1) is 0 Å². The monoisotopic (exact) mass is 615 g/mol. The molecule has 4 atom stereocenters. The molecule has 0 aliphatic carbocycles. The maximum absolute atomic E-state index is 13.6. The van der Waals surface area contributed by atoms with Gasteiger partial charge in [0.15, 0.2) is 28.5 Å². The smallest absolute Gasteiger partial charge is 0.333 e. The van der Waals surface area contributed by atoms with Gasteiger partial charge in [-0.3, -0.25) is 13.9 Å². The molecule has 0 saturated carbocycles. The summed E-state index contributed by atoms with van der Waals surface area (Å²) >= 11 is 0. The van der Waals surface area contributed by atoms with E-state index in [0.29, 0.717) is 0 Å². The van der Waals surface area contributed by atoms with Gasteiger partial charge in [-0.15, -0.1) is 6.58 Å². The first-order valence-corrected chi connectivity index (χ1v) is 20.6. The normalized spacial score (nSPS) is 27.2. The highest BCUT2D eigenvalue weighted by molar-refractivity contribution is 7.90. The van der Waals surface area contributed by atoms with Crippen molar-refractivity contribution in [2.24, 2.45) is 5.73 Å². The number of allylic oxidation sites excluding steroid dienone is 1. The highest BCUT2D eigenvalue weighted by atomic mass is 32.2. The molecule has 226 valence electrons. The van der Waals surface area contributed by atoms with E-state index < -0.39 is 62.0 Å². The molecule has 0 unspecified atom stereocenters. The van der Waals surface area contributed by atoms with E-state index in [4.69, 9.17) is 23.5 Å². The Balaban J connectivity index is 2.27. The third kappa shape index (κ3) is 5.76. The van der Waals surface area contributed by atoms with Crippen molar-refractivity contribution in [2.75, 3.05) is 6.61 Å². The minimum Gasteiger partial charge on any atom is -0.414 e. The highest BCUT2D eigenvalue weighted by Gasteiger charge is 2.67. The molecule has 0 radical (unpaired) electrons. The van der Waals surface area contributed by atoms with Gasteiger partial charge in [0.1, 0.15) is 12.2 Å². The van der Waals surface area contributed by atoms with Crippen molar-refractivity contribution in [3.05, 3.63) is 56.9 Å². The fraction of sp³-hybridized carbons (Fsp3) is 0.692. The summed E-state index contributed by atoms with van der Waals surface area (Å²) in [5, 5.41) is 0.439. The fourth-order valence-corrected chi connectivity index (χ4v) is 7.74. The Morgan fingerprint density at radius 3 is 2.15 bits per heavy atom. The zero-order chi connectivity index (χ0) is 30.7. The molecule has 1 fully saturated rings. The highest BCUT2D eigenvalue weighted by Crippen LogP contribution is 2.52. The first kappa shape index (κ1) is 32.7. The largest absolute Gasteiger partial charge is 0.414 e. The van der Waals surface area contributed by atoms with Crippen LogP contribution in [0.1, 0.15) is 47.8 Å². The molecule has 40 heavy (non-hydrogen) atoms. The van der Waals surface area contributed by atoms with Crippen molar-refractivity contribution in [3.8, 4) is 0 Å². The third-order valence-corrected chi connectivity index (χ3v) is 18.8. The molecule has 3 heterocycles. The van der Waals surface area contributed by atoms with Crippen molar-refractivity contribution < 1.29 is 26.2 Å². The van der Waals surface area contributed by atoms with E-state index in [1.54, 1.807) is 0 Å². The number of aromatic nitrogens is 2. The molecule has 1 saturated heterocycles. The molecule has 14 heteroatoms. The topological polar surface area (TPSA) is 141 Å². The van der Waals surface area contributed by atoms with Crippen LogP contribution in [0.4, 0.5) is 0 Å². The first-order chi connectivity index (χ1) is 18.0. The zero-order valence-electron chi connectivity index (χ0n) is 25.3. The lowest BCUT2D eigenvalue weighted by Gasteiger charge is -2.43. The first-order valence-electron chi connectivity index (χ1n) is 13.3. The van der Waals surface area contributed by atoms with Crippen LogP contribution >= 0.6 is 0 Å². The zero-order valence-corrected chi connectivity index (χ0v) is 28.1. The van der Waals surface area contributed by atoms with E-state index in [-0.39, 0.29) is 28.9 Å². The van der Waals surface area contributed by atoms with Crippen LogP contribution in [0.5, 0.6) is 0 Å². The second-order valence-electron chi connectivity index (χ2n) is 13.6. The molecule has 0 aromatic carbocycles. The van der Waals surface area contributed by atoms with Crippen molar-refractivity contribution >= 4 is 26.8 Å². The van der Waals surface area contributed by atoms with Gasteiger partial charge in [0, 0.05) is 18.8 Å². The van der Waals surface area contributed by atoms with E-state index in [2.05, 4.69) is 40.4 Å². The van der Waals surface area contributed by atoms with Crippen LogP contribution in [0.25, 0.3) is 0 Å². The second kappa shape index (κ2) is 10.5. The van der Waals surface area contributed by atoms with Crippen molar-refractivity contribution in [1.29, 1.82) is 0 Å². The lowest BCUT2D eigenvalue weighted by atomic mass is 9.89. The molecule has 2 aliphatic heterocycles. The average Bonchev–Trinajstić information content (AvgIpc) is 3.20. The summed E-state index contributed by atoms with van der Waals surface area (Å²) in [6.45, 7) is 24.1. The Morgan fingerprint density at radius 1 is 1.10 bits per heavy atom. The van der Waals surface area contributed by atoms with Crippen LogP contribution in [0.15, 0.2) is 45.6 Å². The van der Waals surface area contributed by atoms with Crippen LogP contribution in [0.3, 0.4) is 0 Å². The molecule has 1 aromatic heterocycles. The maximum Gasteiger partial charge on any atom is 0.333 e. The number of rotatable bonds is 8. The van der Waals surface area contributed by atoms with Gasteiger partial charge < -0.3 is 19.3 Å². The van der Waals surface area contributed by atoms with Crippen LogP contribution < -0.4 is 17.0 Å². The minimum atomic E-state index is -4.20. The Morgan fingerprint density at radius 2 is 1.68 bits per heavy atom. The molecule has 1 aromatic rings. The quantitative estimate of drug-likeness (QED) is 0.265. The molecule has 1 spiro atoms. The number of nitrogens with two attached hydrogens (primary N) is 1. The Hall–Kier alpha value is -1.82. The fourth-order valence-electron chi connectivity index (χ4n) is 4.24. The molecular weight excluding hydrogens is 571 g/mol. The van der Waals surface area contributed by atoms with Crippen molar-refractivity contribution in [1.82, 2.24) is 9.13 Å². The molecule has 3 rings (SSSR count). The summed E-state index contributed by atoms with van der Waals surface area (Å²) in [5.74, 6) is 0. The van der Waals surface area contributed by atoms with Crippen molar-refractivity contribution in [3.63, 3.8) is 0 Å². The molecule has 0 amide bonds. The minimum absolute atomic E-state index is 0.0189. The van der Waals surface area contributed by atoms with Gasteiger partial charge >= 0.3 is 5.69 Å². The van der Waals surface area contributed by atoms with E-state index in [1.807, 2.05) is 33.9 Å². The van der Waals surface area contributed by atoms with Gasteiger partial charge in [-0.1, -0.05) is 47.6 Å². The number of hydrogen-bond acceptors (Lipinski definition) is 9. The maximum atomic E-state index is 13.6. The predicted octanol–water partition coefficient (Wildman–Crippen LogP) is 3.40. The van der Waals surface area contributed by atoms with Gasteiger partial charge in [0.2, 0.25) is 0 Å². The average molecular weight is 616 g/mol. The molecule has 0 bridgehead atoms. The summed E-state index contributed by atoms with van der Waals surface area (Å²) in [5.41, 5.74) is 3.43. The van der Waals surface area contributed by atoms with E-state index in [9.17, 15) is 18.0 Å². The lowest BCUT2D eigenvalue weighted by molar-refractivity contribution is -0.0566. The van der Waals surface area contributed by atoms with Gasteiger partial charge in [0.05, 0.1) is 17.7 Å².